The summed E-state index contributed by atoms with van der Waals surface area (Å²) < 4.78 is 0. The van der Waals surface area contributed by atoms with Gasteiger partial charge in [-0.25, -0.2) is 4.90 Å². The van der Waals surface area contributed by atoms with E-state index in [4.69, 9.17) is 0 Å². The molecule has 2 aliphatic heterocycles. The average Bonchev–Trinajstić information content (AvgIpc) is 3.79. The molecule has 10 rings (SSSR count). The number of amides is 4. The Balaban J connectivity index is 1.25. The van der Waals surface area contributed by atoms with Crippen LogP contribution in [-0.4, -0.2) is 39.8 Å². The van der Waals surface area contributed by atoms with Gasteiger partial charge < -0.3 is 0 Å². The summed E-state index contributed by atoms with van der Waals surface area (Å²) in [6.07, 6.45) is 6.36. The number of hydrogen-bond acceptors (Lipinski definition) is 7. The van der Waals surface area contributed by atoms with Gasteiger partial charge in [-0.15, -0.1) is 0 Å². The van der Waals surface area contributed by atoms with Crippen molar-refractivity contribution in [1.82, 2.24) is 5.01 Å². The molecule has 4 amide bonds. The van der Waals surface area contributed by atoms with Crippen LogP contribution in [0.15, 0.2) is 84.0 Å². The van der Waals surface area contributed by atoms with Crippen LogP contribution in [0.3, 0.4) is 0 Å². The van der Waals surface area contributed by atoms with E-state index in [1.165, 1.54) is 18.3 Å². The molecule has 0 spiro atoms. The highest BCUT2D eigenvalue weighted by molar-refractivity contribution is 6.26. The van der Waals surface area contributed by atoms with E-state index in [-0.39, 0.29) is 35.0 Å². The van der Waals surface area contributed by atoms with Crippen LogP contribution in [0.5, 0.6) is 0 Å². The highest BCUT2D eigenvalue weighted by Gasteiger charge is 2.69. The average molecular weight is 599 g/mol. The van der Waals surface area contributed by atoms with Gasteiger partial charge >= 0.3 is 0 Å². The molecule has 2 heterocycles. The molecule has 0 unspecified atom stereocenters. The third kappa shape index (κ3) is 3.06. The lowest BCUT2D eigenvalue weighted by Crippen LogP contribution is -2.55. The van der Waals surface area contributed by atoms with Crippen molar-refractivity contribution in [2.75, 3.05) is 4.90 Å². The number of imide groups is 2. The maximum Gasteiger partial charge on any atom is 0.293 e. The summed E-state index contributed by atoms with van der Waals surface area (Å²) in [7, 11) is 0. The van der Waals surface area contributed by atoms with Crippen LogP contribution >= 0.6 is 0 Å². The summed E-state index contributed by atoms with van der Waals surface area (Å²) in [5.41, 5.74) is 2.13. The van der Waals surface area contributed by atoms with Crippen molar-refractivity contribution in [2.24, 2.45) is 40.6 Å². The maximum atomic E-state index is 14.7. The molecule has 3 aromatic carbocycles. The minimum atomic E-state index is -1.32. The third-order valence-electron chi connectivity index (χ3n) is 11.1. The number of benzene rings is 3. The number of carbonyl (C=O) groups is 4. The molecule has 6 atom stereocenters. The fourth-order valence-corrected chi connectivity index (χ4v) is 9.41. The Labute approximate surface area is 257 Å². The maximum absolute atomic E-state index is 14.7. The lowest BCUT2D eigenvalue weighted by molar-refractivity contribution is -0.384. The van der Waals surface area contributed by atoms with Gasteiger partial charge in [0.2, 0.25) is 11.8 Å². The smallest absolute Gasteiger partial charge is 0.274 e. The summed E-state index contributed by atoms with van der Waals surface area (Å²) in [4.78, 5) is 68.9. The zero-order valence-electron chi connectivity index (χ0n) is 24.1. The van der Waals surface area contributed by atoms with Crippen LogP contribution in [0.2, 0.25) is 0 Å². The first-order chi connectivity index (χ1) is 21.7. The monoisotopic (exact) mass is 598 g/mol. The number of hydrogen-bond donors (Lipinski definition) is 0. The van der Waals surface area contributed by atoms with Crippen molar-refractivity contribution in [3.05, 3.63) is 117 Å². The Hall–Kier alpha value is -5.25. The van der Waals surface area contributed by atoms with Gasteiger partial charge in [0, 0.05) is 18.2 Å². The molecule has 0 aromatic heterocycles. The van der Waals surface area contributed by atoms with Gasteiger partial charge in [0.25, 0.3) is 17.5 Å². The summed E-state index contributed by atoms with van der Waals surface area (Å²) >= 11 is 0. The lowest BCUT2D eigenvalue weighted by atomic mass is 9.47. The summed E-state index contributed by atoms with van der Waals surface area (Å²) in [6, 6.07) is 19.6. The van der Waals surface area contributed by atoms with Gasteiger partial charge in [0.1, 0.15) is 5.69 Å². The second-order valence-electron chi connectivity index (χ2n) is 13.0. The van der Waals surface area contributed by atoms with Gasteiger partial charge in [0.05, 0.1) is 34.0 Å². The van der Waals surface area contributed by atoms with E-state index in [1.807, 2.05) is 60.7 Å². The number of nitro benzene ring substituents is 1. The zero-order valence-corrected chi connectivity index (χ0v) is 24.1. The Morgan fingerprint density at radius 3 is 2.02 bits per heavy atom. The summed E-state index contributed by atoms with van der Waals surface area (Å²) in [5, 5.41) is 17.7. The molecule has 10 nitrogen and oxygen atoms in total. The van der Waals surface area contributed by atoms with E-state index in [2.05, 4.69) is 5.10 Å². The number of fused-ring (bicyclic) bond motifs is 5. The van der Waals surface area contributed by atoms with Crippen molar-refractivity contribution in [3.8, 4) is 0 Å². The van der Waals surface area contributed by atoms with Crippen molar-refractivity contribution >= 4 is 41.2 Å². The van der Waals surface area contributed by atoms with Gasteiger partial charge in [-0.1, -0.05) is 66.7 Å². The number of allylic oxidation sites excluding steroid dienone is 2. The molecule has 4 bridgehead atoms. The predicted octanol–water partition coefficient (Wildman–Crippen LogP) is 4.25. The topological polar surface area (TPSA) is 130 Å². The van der Waals surface area contributed by atoms with E-state index < -0.39 is 51.7 Å². The number of carbonyl (C=O) groups excluding carboxylic acids is 4. The zero-order chi connectivity index (χ0) is 30.9. The molecule has 7 aliphatic rings. The van der Waals surface area contributed by atoms with E-state index >= 15 is 0 Å². The number of anilines is 1. The van der Waals surface area contributed by atoms with Crippen LogP contribution in [0, 0.1) is 52.5 Å². The van der Waals surface area contributed by atoms with E-state index in [1.54, 1.807) is 13.0 Å². The fourth-order valence-electron chi connectivity index (χ4n) is 9.41. The normalized spacial score (nSPS) is 33.3. The van der Waals surface area contributed by atoms with Crippen molar-refractivity contribution in [2.45, 2.75) is 24.7 Å². The van der Waals surface area contributed by atoms with E-state index in [9.17, 15) is 29.3 Å². The highest BCUT2D eigenvalue weighted by Crippen LogP contribution is 2.64. The van der Waals surface area contributed by atoms with Crippen LogP contribution in [0.4, 0.5) is 11.4 Å². The summed E-state index contributed by atoms with van der Waals surface area (Å²) in [5.74, 6) is -4.99. The second-order valence-corrected chi connectivity index (χ2v) is 13.0. The van der Waals surface area contributed by atoms with Crippen molar-refractivity contribution < 1.29 is 24.1 Å². The number of nitrogens with zero attached hydrogens (tertiary/aromatic N) is 4. The molecule has 3 fully saturated rings. The molecule has 1 saturated carbocycles. The summed E-state index contributed by atoms with van der Waals surface area (Å²) in [6.45, 7) is 1.71. The van der Waals surface area contributed by atoms with Crippen LogP contribution in [-0.2, 0) is 24.6 Å². The number of hydrazone groups is 1. The largest absolute Gasteiger partial charge is 0.293 e. The molecule has 222 valence electrons. The minimum absolute atomic E-state index is 0.0126. The number of aryl methyl sites for hydroxylation is 1. The molecule has 0 N–H and O–H groups in total. The van der Waals surface area contributed by atoms with Crippen molar-refractivity contribution in [3.63, 3.8) is 0 Å². The molecule has 10 heteroatoms. The number of rotatable bonds is 4. The van der Waals surface area contributed by atoms with Crippen LogP contribution < -0.4 is 4.90 Å². The Morgan fingerprint density at radius 1 is 0.822 bits per heavy atom. The molecule has 3 aromatic rings. The van der Waals surface area contributed by atoms with Gasteiger partial charge in [-0.3, -0.25) is 29.3 Å². The van der Waals surface area contributed by atoms with Crippen LogP contribution in [0.25, 0.3) is 0 Å². The predicted molar refractivity (Wildman–Crippen MR) is 161 cm³/mol. The van der Waals surface area contributed by atoms with Crippen LogP contribution in [0.1, 0.15) is 40.2 Å². The number of nitro groups is 1. The third-order valence-corrected chi connectivity index (χ3v) is 11.1. The SMILES string of the molecule is Cc1ccc(N2C(=O)[C@@H]3C4c5ccccc5C(/C=N\N5C(=O)[C@H]6[C@H](C5=O)[C@H]5C=C[C@H]6C5)(c5ccccc54)[C@H]3C2=O)c([N+](=O)[O-])c1. The first-order valence-corrected chi connectivity index (χ1v) is 15.2. The molecule has 45 heavy (non-hydrogen) atoms. The standard InChI is InChI=1S/C35H26N4O6/c1-17-10-13-24(25(14-17)39(44)45)37-31(40)29-28-20-6-2-4-8-22(20)35(30(29)34(37)43,23-9-5-3-7-21(23)28)16-36-38-32(41)26-18-11-12-19(15-18)27(26)33(38)42/h2-14,16,18-19,26-30H,15H2,1H3/b36-16-/t18-,19-,26+,27+,28?,29+,30+,35?/m0/s1. The second kappa shape index (κ2) is 8.68. The first kappa shape index (κ1) is 26.2. The van der Waals surface area contributed by atoms with Gasteiger partial charge in [0.15, 0.2) is 0 Å². The van der Waals surface area contributed by atoms with Gasteiger partial charge in [-0.2, -0.15) is 10.1 Å². The van der Waals surface area contributed by atoms with Crippen molar-refractivity contribution in [1.29, 1.82) is 0 Å². The molecule has 5 aliphatic carbocycles. The Morgan fingerprint density at radius 2 is 1.42 bits per heavy atom. The molecular weight excluding hydrogens is 572 g/mol. The lowest BCUT2D eigenvalue weighted by Gasteiger charge is -2.52. The van der Waals surface area contributed by atoms with E-state index in [0.717, 1.165) is 38.6 Å². The minimum Gasteiger partial charge on any atom is -0.274 e. The quantitative estimate of drug-likeness (QED) is 0.145. The molecule has 0 radical (unpaired) electrons. The fraction of sp³-hybridized carbons (Fsp3) is 0.286. The van der Waals surface area contributed by atoms with E-state index in [0.29, 0.717) is 5.56 Å². The Kier molecular flexibility index (Phi) is 5.05. The molecular formula is C35H26N4O6. The first-order valence-electron chi connectivity index (χ1n) is 15.2. The highest BCUT2D eigenvalue weighted by atomic mass is 16.6. The molecule has 2 saturated heterocycles. The van der Waals surface area contributed by atoms with Gasteiger partial charge in [-0.05, 0) is 59.1 Å². The Bertz CT molecular complexity index is 1920.